The second-order valence-corrected chi connectivity index (χ2v) is 6.62. The van der Waals surface area contributed by atoms with Crippen molar-refractivity contribution in [2.45, 2.75) is 0 Å². The fourth-order valence-corrected chi connectivity index (χ4v) is 3.04. The van der Waals surface area contributed by atoms with Gasteiger partial charge in [0.15, 0.2) is 12.4 Å². The Balaban J connectivity index is 1.92. The molecule has 136 valence electrons. The van der Waals surface area contributed by atoms with E-state index >= 15 is 0 Å². The lowest BCUT2D eigenvalue weighted by atomic mass is 10.2. The van der Waals surface area contributed by atoms with Crippen molar-refractivity contribution >= 4 is 49.7 Å². The second-order valence-electron chi connectivity index (χ2n) is 4.84. The van der Waals surface area contributed by atoms with Crippen LogP contribution in [0.15, 0.2) is 50.4 Å². The Morgan fingerprint density at radius 2 is 2.00 bits per heavy atom. The topological polar surface area (TPSA) is 103 Å². The van der Waals surface area contributed by atoms with E-state index < -0.39 is 10.8 Å². The van der Waals surface area contributed by atoms with Gasteiger partial charge >= 0.3 is 5.69 Å². The van der Waals surface area contributed by atoms with Crippen LogP contribution >= 0.6 is 31.9 Å². The summed E-state index contributed by atoms with van der Waals surface area (Å²) in [5.41, 5.74) is 2.54. The zero-order chi connectivity index (χ0) is 19.1. The molecule has 0 bridgehead atoms. The summed E-state index contributed by atoms with van der Waals surface area (Å²) in [7, 11) is 1.35. The van der Waals surface area contributed by atoms with Gasteiger partial charge in [0.25, 0.3) is 5.91 Å². The van der Waals surface area contributed by atoms with Gasteiger partial charge in [0.2, 0.25) is 0 Å². The molecule has 10 heteroatoms. The number of hydrazone groups is 1. The maximum Gasteiger partial charge on any atom is 0.311 e. The predicted octanol–water partition coefficient (Wildman–Crippen LogP) is 3.66. The summed E-state index contributed by atoms with van der Waals surface area (Å²) >= 11 is 6.65. The smallest absolute Gasteiger partial charge is 0.311 e. The number of nitrogens with zero attached hydrogens (tertiary/aromatic N) is 2. The molecule has 2 aromatic carbocycles. The lowest BCUT2D eigenvalue weighted by molar-refractivity contribution is -0.385. The summed E-state index contributed by atoms with van der Waals surface area (Å²) in [4.78, 5) is 22.2. The normalized spacial score (nSPS) is 10.6. The van der Waals surface area contributed by atoms with Crippen molar-refractivity contribution < 1.29 is 19.2 Å². The first-order valence-electron chi connectivity index (χ1n) is 7.13. The first kappa shape index (κ1) is 19.9. The molecule has 2 rings (SSSR count). The highest BCUT2D eigenvalue weighted by atomic mass is 79.9. The molecule has 1 N–H and O–H groups in total. The molecule has 0 aromatic heterocycles. The van der Waals surface area contributed by atoms with E-state index in [1.807, 2.05) is 0 Å². The number of methoxy groups -OCH3 is 1. The van der Waals surface area contributed by atoms with Gasteiger partial charge in [-0.05, 0) is 46.3 Å². The van der Waals surface area contributed by atoms with Gasteiger partial charge < -0.3 is 9.47 Å². The zero-order valence-corrected chi connectivity index (χ0v) is 16.6. The molecule has 0 aliphatic heterocycles. The van der Waals surface area contributed by atoms with Crippen molar-refractivity contribution in [2.24, 2.45) is 5.10 Å². The highest BCUT2D eigenvalue weighted by Crippen LogP contribution is 2.28. The zero-order valence-electron chi connectivity index (χ0n) is 13.4. The molecule has 0 heterocycles. The Bertz CT molecular complexity index is 858. The van der Waals surface area contributed by atoms with Gasteiger partial charge in [-0.25, -0.2) is 5.43 Å². The van der Waals surface area contributed by atoms with Gasteiger partial charge in [-0.3, -0.25) is 14.9 Å². The van der Waals surface area contributed by atoms with Crippen LogP contribution in [0.4, 0.5) is 5.69 Å². The average Bonchev–Trinajstić information content (AvgIpc) is 2.60. The van der Waals surface area contributed by atoms with Crippen LogP contribution in [-0.4, -0.2) is 30.8 Å². The molecule has 8 nitrogen and oxygen atoms in total. The number of carbonyl (C=O) groups excluding carboxylic acids is 1. The van der Waals surface area contributed by atoms with Gasteiger partial charge in [-0.2, -0.15) is 5.10 Å². The van der Waals surface area contributed by atoms with E-state index in [1.165, 1.54) is 25.5 Å². The van der Waals surface area contributed by atoms with Gasteiger partial charge in [-0.1, -0.05) is 15.9 Å². The lowest BCUT2D eigenvalue weighted by Crippen LogP contribution is -2.24. The van der Waals surface area contributed by atoms with Crippen LogP contribution in [0.25, 0.3) is 0 Å². The monoisotopic (exact) mass is 485 g/mol. The number of rotatable bonds is 7. The highest BCUT2D eigenvalue weighted by molar-refractivity contribution is 9.11. The van der Waals surface area contributed by atoms with Crippen molar-refractivity contribution in [1.82, 2.24) is 5.43 Å². The van der Waals surface area contributed by atoms with Crippen molar-refractivity contribution in [3.05, 3.63) is 61.0 Å². The van der Waals surface area contributed by atoms with Crippen molar-refractivity contribution in [3.63, 3.8) is 0 Å². The Morgan fingerprint density at radius 3 is 2.65 bits per heavy atom. The third-order valence-corrected chi connectivity index (χ3v) is 4.17. The number of ether oxygens (including phenoxy) is 2. The highest BCUT2D eigenvalue weighted by Gasteiger charge is 2.14. The molecule has 0 aliphatic rings. The minimum atomic E-state index is -0.557. The number of hydrogen-bond donors (Lipinski definition) is 1. The van der Waals surface area contributed by atoms with Crippen LogP contribution in [0, 0.1) is 10.1 Å². The van der Waals surface area contributed by atoms with E-state index in [9.17, 15) is 14.9 Å². The van der Waals surface area contributed by atoms with Gasteiger partial charge in [-0.15, -0.1) is 0 Å². The number of nitrogens with one attached hydrogen (secondary N) is 1. The van der Waals surface area contributed by atoms with Crippen LogP contribution in [0.2, 0.25) is 0 Å². The van der Waals surface area contributed by atoms with E-state index in [0.717, 1.165) is 4.47 Å². The number of nitro groups is 1. The Labute approximate surface area is 165 Å². The van der Waals surface area contributed by atoms with Crippen LogP contribution in [0.5, 0.6) is 11.5 Å². The van der Waals surface area contributed by atoms with Crippen LogP contribution in [0.1, 0.15) is 5.56 Å². The Kier molecular flexibility index (Phi) is 7.10. The number of halogens is 2. The minimum Gasteiger partial charge on any atom is -0.490 e. The number of hydrogen-bond acceptors (Lipinski definition) is 6. The molecule has 0 saturated heterocycles. The third kappa shape index (κ3) is 5.53. The molecule has 0 atom stereocenters. The summed E-state index contributed by atoms with van der Waals surface area (Å²) in [6.45, 7) is -0.236. The molecule has 0 spiro atoms. The second kappa shape index (κ2) is 9.30. The molecule has 0 fully saturated rings. The van der Waals surface area contributed by atoms with Gasteiger partial charge in [0.05, 0.1) is 22.7 Å². The first-order chi connectivity index (χ1) is 12.4. The summed E-state index contributed by atoms with van der Waals surface area (Å²) in [5, 5.41) is 14.7. The van der Waals surface area contributed by atoms with E-state index in [1.54, 1.807) is 24.3 Å². The van der Waals surface area contributed by atoms with Crippen LogP contribution in [-0.2, 0) is 4.79 Å². The lowest BCUT2D eigenvalue weighted by Gasteiger charge is -2.07. The number of benzene rings is 2. The maximum absolute atomic E-state index is 11.8. The maximum atomic E-state index is 11.8. The van der Waals surface area contributed by atoms with Gasteiger partial charge in [0.1, 0.15) is 5.75 Å². The largest absolute Gasteiger partial charge is 0.490 e. The molecule has 26 heavy (non-hydrogen) atoms. The SMILES string of the molecule is COc1ccc(/C=N/NC(=O)COc2ccc(Br)cc2Br)cc1[N+](=O)[O-]. The molecule has 0 unspecified atom stereocenters. The third-order valence-electron chi connectivity index (χ3n) is 3.06. The number of carbonyl (C=O) groups is 1. The van der Waals surface area contributed by atoms with Gasteiger partial charge in [0, 0.05) is 16.1 Å². The minimum absolute atomic E-state index is 0.143. The summed E-state index contributed by atoms with van der Waals surface area (Å²) in [6, 6.07) is 9.62. The standard InChI is InChI=1S/C16H13Br2N3O5/c1-25-15-4-2-10(6-13(15)21(23)24)8-19-20-16(22)9-26-14-5-3-11(17)7-12(14)18/h2-8H,9H2,1H3,(H,20,22)/b19-8+. The first-order valence-corrected chi connectivity index (χ1v) is 8.71. The fraction of sp³-hybridized carbons (Fsp3) is 0.125. The van der Waals surface area contributed by atoms with E-state index in [4.69, 9.17) is 9.47 Å². The number of amides is 1. The average molecular weight is 487 g/mol. The van der Waals surface area contributed by atoms with E-state index in [2.05, 4.69) is 42.4 Å². The van der Waals surface area contributed by atoms with E-state index in [-0.39, 0.29) is 18.0 Å². The van der Waals surface area contributed by atoms with Crippen molar-refractivity contribution in [2.75, 3.05) is 13.7 Å². The summed E-state index contributed by atoms with van der Waals surface area (Å²) in [6.07, 6.45) is 1.29. The summed E-state index contributed by atoms with van der Waals surface area (Å²) in [5.74, 6) is 0.182. The molecule has 0 saturated carbocycles. The quantitative estimate of drug-likeness (QED) is 0.365. The predicted molar refractivity (Wildman–Crippen MR) is 103 cm³/mol. The molecule has 0 radical (unpaired) electrons. The summed E-state index contributed by atoms with van der Waals surface area (Å²) < 4.78 is 11.9. The Morgan fingerprint density at radius 1 is 1.27 bits per heavy atom. The van der Waals surface area contributed by atoms with Crippen molar-refractivity contribution in [3.8, 4) is 11.5 Å². The number of nitro benzene ring substituents is 1. The van der Waals surface area contributed by atoms with Crippen molar-refractivity contribution in [1.29, 1.82) is 0 Å². The molecule has 0 aliphatic carbocycles. The Hall–Kier alpha value is -2.46. The van der Waals surface area contributed by atoms with Crippen LogP contribution < -0.4 is 14.9 Å². The molecule has 1 amide bonds. The molecule has 2 aromatic rings. The van der Waals surface area contributed by atoms with E-state index in [0.29, 0.717) is 15.8 Å². The molecular weight excluding hydrogens is 474 g/mol. The molecular formula is C16H13Br2N3O5. The van der Waals surface area contributed by atoms with Crippen LogP contribution in [0.3, 0.4) is 0 Å². The fourth-order valence-electron chi connectivity index (χ4n) is 1.88.